The van der Waals surface area contributed by atoms with Gasteiger partial charge in [0.2, 0.25) is 5.54 Å². The predicted molar refractivity (Wildman–Crippen MR) is 63.8 cm³/mol. The lowest BCUT2D eigenvalue weighted by molar-refractivity contribution is -0.255. The highest BCUT2D eigenvalue weighted by atomic mass is 19.4. The molecule has 1 heterocycles. The highest BCUT2D eigenvalue weighted by Gasteiger charge is 2.65. The van der Waals surface area contributed by atoms with E-state index in [1.54, 1.807) is 0 Å². The number of carboxylic acid groups (broad SMARTS) is 1. The molecule has 0 bridgehead atoms. The fraction of sp³-hybridized carbons (Fsp3) is 0.923. The van der Waals surface area contributed by atoms with Crippen LogP contribution >= 0.6 is 0 Å². The molecule has 0 radical (unpaired) electrons. The van der Waals surface area contributed by atoms with Crippen LogP contribution in [-0.4, -0.2) is 40.8 Å². The number of likely N-dealkylation sites (tertiary alicyclic amines) is 1. The maximum atomic E-state index is 13.0. The monoisotopic (exact) mass is 279 g/mol. The summed E-state index contributed by atoms with van der Waals surface area (Å²) in [5, 5.41) is 8.98. The van der Waals surface area contributed by atoms with Crippen LogP contribution in [0.1, 0.15) is 45.4 Å². The summed E-state index contributed by atoms with van der Waals surface area (Å²) in [7, 11) is 0. The van der Waals surface area contributed by atoms with Crippen molar-refractivity contribution >= 4 is 5.97 Å². The number of hydrogen-bond donors (Lipinski definition) is 1. The highest BCUT2D eigenvalue weighted by Crippen LogP contribution is 2.49. The Bertz CT molecular complexity index is 353. The summed E-state index contributed by atoms with van der Waals surface area (Å²) in [5.41, 5.74) is -2.82. The van der Waals surface area contributed by atoms with Gasteiger partial charge < -0.3 is 5.11 Å². The third kappa shape index (κ3) is 2.35. The fourth-order valence-electron chi connectivity index (χ4n) is 3.31. The van der Waals surface area contributed by atoms with Gasteiger partial charge in [-0.25, -0.2) is 4.79 Å². The zero-order chi connectivity index (χ0) is 14.3. The number of aliphatic carboxylic acids is 1. The van der Waals surface area contributed by atoms with Crippen molar-refractivity contribution in [3.8, 4) is 0 Å². The van der Waals surface area contributed by atoms with Crippen LogP contribution in [0.2, 0.25) is 0 Å². The zero-order valence-corrected chi connectivity index (χ0v) is 11.1. The third-order valence-corrected chi connectivity index (χ3v) is 4.82. The van der Waals surface area contributed by atoms with Crippen molar-refractivity contribution < 1.29 is 23.1 Å². The van der Waals surface area contributed by atoms with E-state index in [1.807, 2.05) is 0 Å². The Balaban J connectivity index is 2.10. The molecule has 0 aromatic heterocycles. The molecule has 2 fully saturated rings. The number of halogens is 3. The van der Waals surface area contributed by atoms with Crippen molar-refractivity contribution in [3.63, 3.8) is 0 Å². The van der Waals surface area contributed by atoms with E-state index in [-0.39, 0.29) is 18.5 Å². The highest BCUT2D eigenvalue weighted by molar-refractivity contribution is 5.79. The van der Waals surface area contributed by atoms with Crippen LogP contribution in [0, 0.1) is 5.41 Å². The van der Waals surface area contributed by atoms with E-state index in [1.165, 1.54) is 0 Å². The zero-order valence-electron chi connectivity index (χ0n) is 11.1. The molecule has 2 rings (SSSR count). The largest absolute Gasteiger partial charge is 0.480 e. The van der Waals surface area contributed by atoms with Crippen LogP contribution in [-0.2, 0) is 4.79 Å². The Hall–Kier alpha value is -0.780. The smallest absolute Gasteiger partial charge is 0.417 e. The summed E-state index contributed by atoms with van der Waals surface area (Å²) >= 11 is 0. The molecule has 1 aliphatic carbocycles. The number of alkyl halides is 3. The van der Waals surface area contributed by atoms with Gasteiger partial charge in [-0.05, 0) is 25.2 Å². The normalized spacial score (nSPS) is 27.4. The molecule has 2 aliphatic rings. The first kappa shape index (κ1) is 14.6. The van der Waals surface area contributed by atoms with Crippen molar-refractivity contribution in [1.29, 1.82) is 0 Å². The van der Waals surface area contributed by atoms with Crippen molar-refractivity contribution in [2.45, 2.75) is 57.2 Å². The van der Waals surface area contributed by atoms with E-state index in [9.17, 15) is 18.0 Å². The van der Waals surface area contributed by atoms with E-state index in [0.717, 1.165) is 50.3 Å². The second-order valence-electron chi connectivity index (χ2n) is 6.15. The quantitative estimate of drug-likeness (QED) is 0.844. The minimum Gasteiger partial charge on any atom is -0.480 e. The van der Waals surface area contributed by atoms with Gasteiger partial charge in [0.05, 0.1) is 0 Å². The molecule has 0 aromatic rings. The van der Waals surface area contributed by atoms with E-state index in [4.69, 9.17) is 5.11 Å². The minimum absolute atomic E-state index is 0.0710. The summed E-state index contributed by atoms with van der Waals surface area (Å²) in [4.78, 5) is 12.2. The molecule has 3 nitrogen and oxygen atoms in total. The van der Waals surface area contributed by atoms with Gasteiger partial charge in [0.25, 0.3) is 0 Å². The predicted octanol–water partition coefficient (Wildman–Crippen LogP) is 3.05. The maximum absolute atomic E-state index is 13.0. The van der Waals surface area contributed by atoms with Crippen LogP contribution in [0.3, 0.4) is 0 Å². The van der Waals surface area contributed by atoms with E-state index in [0.29, 0.717) is 0 Å². The summed E-state index contributed by atoms with van der Waals surface area (Å²) in [6.07, 6.45) is 1.47. The number of rotatable bonds is 2. The number of carboxylic acids is 1. The van der Waals surface area contributed by atoms with Gasteiger partial charge in [-0.2, -0.15) is 13.2 Å². The number of hydrogen-bond acceptors (Lipinski definition) is 2. The Labute approximate surface area is 110 Å². The third-order valence-electron chi connectivity index (χ3n) is 4.82. The van der Waals surface area contributed by atoms with Gasteiger partial charge in [0, 0.05) is 13.1 Å². The molecular formula is C13H20F3NO2. The van der Waals surface area contributed by atoms with Crippen LogP contribution in [0.15, 0.2) is 0 Å². The van der Waals surface area contributed by atoms with Crippen molar-refractivity contribution in [2.75, 3.05) is 13.1 Å². The first-order chi connectivity index (χ1) is 8.71. The molecule has 1 saturated heterocycles. The molecule has 0 amide bonds. The molecule has 1 saturated carbocycles. The summed E-state index contributed by atoms with van der Waals surface area (Å²) < 4.78 is 39.1. The molecule has 6 heteroatoms. The standard InChI is InChI=1S/C13H20F3NO2/c1-11(10(18)19,13(14,15)16)17-8-12(9-17)6-4-2-3-5-7-12/h2-9H2,1H3,(H,18,19). The van der Waals surface area contributed by atoms with E-state index < -0.39 is 17.7 Å². The summed E-state index contributed by atoms with van der Waals surface area (Å²) in [6.45, 7) is 1.30. The molecule has 1 N–H and O–H groups in total. The van der Waals surface area contributed by atoms with Crippen LogP contribution in [0.25, 0.3) is 0 Å². The van der Waals surface area contributed by atoms with Gasteiger partial charge in [-0.15, -0.1) is 0 Å². The van der Waals surface area contributed by atoms with Gasteiger partial charge in [-0.1, -0.05) is 25.7 Å². The molecule has 110 valence electrons. The molecule has 1 unspecified atom stereocenters. The topological polar surface area (TPSA) is 40.5 Å². The second kappa shape index (κ2) is 4.65. The average molecular weight is 279 g/mol. The molecule has 1 spiro atoms. The Morgan fingerprint density at radius 3 is 1.95 bits per heavy atom. The Morgan fingerprint density at radius 1 is 1.11 bits per heavy atom. The lowest BCUT2D eigenvalue weighted by Crippen LogP contribution is -2.71. The average Bonchev–Trinajstić information content (AvgIpc) is 2.49. The van der Waals surface area contributed by atoms with Gasteiger partial charge in [-0.3, -0.25) is 4.90 Å². The summed E-state index contributed by atoms with van der Waals surface area (Å²) in [6, 6.07) is 0. The first-order valence-corrected chi connectivity index (χ1v) is 6.76. The van der Waals surface area contributed by atoms with Crippen molar-refractivity contribution in [3.05, 3.63) is 0 Å². The SMILES string of the molecule is CC(C(=O)O)(N1CC2(CCCCCC2)C1)C(F)(F)F. The lowest BCUT2D eigenvalue weighted by atomic mass is 9.71. The van der Waals surface area contributed by atoms with Crippen molar-refractivity contribution in [1.82, 2.24) is 4.90 Å². The van der Waals surface area contributed by atoms with Crippen LogP contribution in [0.4, 0.5) is 13.2 Å². The molecule has 0 aromatic carbocycles. The fourth-order valence-corrected chi connectivity index (χ4v) is 3.31. The molecule has 1 atom stereocenters. The first-order valence-electron chi connectivity index (χ1n) is 6.76. The molecular weight excluding hydrogens is 259 g/mol. The number of carbonyl (C=O) groups is 1. The van der Waals surface area contributed by atoms with Crippen LogP contribution in [0.5, 0.6) is 0 Å². The Kier molecular flexibility index (Phi) is 3.58. The minimum atomic E-state index is -4.74. The van der Waals surface area contributed by atoms with Crippen LogP contribution < -0.4 is 0 Å². The van der Waals surface area contributed by atoms with E-state index >= 15 is 0 Å². The van der Waals surface area contributed by atoms with E-state index in [2.05, 4.69) is 0 Å². The van der Waals surface area contributed by atoms with Gasteiger partial charge in [0.1, 0.15) is 0 Å². The lowest BCUT2D eigenvalue weighted by Gasteiger charge is -2.56. The number of nitrogens with zero attached hydrogens (tertiary/aromatic N) is 1. The van der Waals surface area contributed by atoms with Gasteiger partial charge in [0.15, 0.2) is 0 Å². The molecule has 1 aliphatic heterocycles. The Morgan fingerprint density at radius 2 is 1.58 bits per heavy atom. The summed E-state index contributed by atoms with van der Waals surface area (Å²) in [5.74, 6) is -1.80. The second-order valence-corrected chi connectivity index (χ2v) is 6.15. The van der Waals surface area contributed by atoms with Gasteiger partial charge >= 0.3 is 12.1 Å². The van der Waals surface area contributed by atoms with Crippen molar-refractivity contribution in [2.24, 2.45) is 5.41 Å². The maximum Gasteiger partial charge on any atom is 0.417 e. The molecule has 19 heavy (non-hydrogen) atoms.